The fourth-order valence-corrected chi connectivity index (χ4v) is 2.26. The molecule has 1 aliphatic rings. The highest BCUT2D eigenvalue weighted by Gasteiger charge is 2.19. The van der Waals surface area contributed by atoms with E-state index in [2.05, 4.69) is 5.32 Å². The molecule has 2 amide bonds. The van der Waals surface area contributed by atoms with Gasteiger partial charge in [-0.05, 0) is 24.3 Å². The maximum Gasteiger partial charge on any atom is 0.224 e. The first-order valence-corrected chi connectivity index (χ1v) is 7.08. The van der Waals surface area contributed by atoms with Crippen molar-refractivity contribution < 1.29 is 14.3 Å². The molecule has 0 bridgehead atoms. The number of nitrogens with zero attached hydrogens (tertiary/aromatic N) is 2. The second kappa shape index (κ2) is 7.52. The van der Waals surface area contributed by atoms with Gasteiger partial charge < -0.3 is 19.9 Å². The Kier molecular flexibility index (Phi) is 5.43. The minimum Gasteiger partial charge on any atom is -0.497 e. The van der Waals surface area contributed by atoms with Crippen LogP contribution in [0.15, 0.2) is 24.3 Å². The van der Waals surface area contributed by atoms with Crippen molar-refractivity contribution in [3.63, 3.8) is 0 Å². The minimum atomic E-state index is 0.126. The van der Waals surface area contributed by atoms with E-state index in [0.717, 1.165) is 17.8 Å². The molecule has 21 heavy (non-hydrogen) atoms. The van der Waals surface area contributed by atoms with Gasteiger partial charge in [0.15, 0.2) is 0 Å². The number of hydrogen-bond acceptors (Lipinski definition) is 4. The third kappa shape index (κ3) is 4.37. The summed E-state index contributed by atoms with van der Waals surface area (Å²) in [6, 6.07) is 7.60. The lowest BCUT2D eigenvalue weighted by Gasteiger charge is -2.32. The number of rotatable bonds is 6. The van der Waals surface area contributed by atoms with Crippen LogP contribution in [0.1, 0.15) is 6.42 Å². The van der Waals surface area contributed by atoms with Gasteiger partial charge in [-0.2, -0.15) is 0 Å². The molecular weight excluding hydrogens is 270 g/mol. The molecular formula is C15H21N3O3. The molecule has 0 atom stereocenters. The summed E-state index contributed by atoms with van der Waals surface area (Å²) in [6.45, 7) is 3.10. The van der Waals surface area contributed by atoms with E-state index in [1.165, 1.54) is 0 Å². The molecule has 2 rings (SSSR count). The number of nitrogens with one attached hydrogen (secondary N) is 1. The Hall–Kier alpha value is -2.24. The van der Waals surface area contributed by atoms with Crippen LogP contribution in [-0.2, 0) is 9.59 Å². The highest BCUT2D eigenvalue weighted by Crippen LogP contribution is 2.14. The minimum absolute atomic E-state index is 0.126. The number of anilines is 1. The van der Waals surface area contributed by atoms with E-state index in [1.54, 1.807) is 12.0 Å². The SMILES string of the molecule is COc1ccc(NCCC(=O)N2CCN(C=O)CC2)cc1. The molecule has 0 saturated carbocycles. The Morgan fingerprint density at radius 2 is 1.90 bits per heavy atom. The number of ether oxygens (including phenoxy) is 1. The van der Waals surface area contributed by atoms with Crippen LogP contribution in [0.4, 0.5) is 5.69 Å². The second-order valence-corrected chi connectivity index (χ2v) is 4.93. The average molecular weight is 291 g/mol. The number of hydrogen-bond donors (Lipinski definition) is 1. The average Bonchev–Trinajstić information content (AvgIpc) is 2.55. The molecule has 1 fully saturated rings. The van der Waals surface area contributed by atoms with E-state index >= 15 is 0 Å². The Labute approximate surface area is 124 Å². The maximum atomic E-state index is 12.0. The summed E-state index contributed by atoms with van der Waals surface area (Å²) >= 11 is 0. The molecule has 0 radical (unpaired) electrons. The topological polar surface area (TPSA) is 61.9 Å². The fraction of sp³-hybridized carbons (Fsp3) is 0.467. The Balaban J connectivity index is 1.70. The monoisotopic (exact) mass is 291 g/mol. The van der Waals surface area contributed by atoms with Crippen LogP contribution < -0.4 is 10.1 Å². The van der Waals surface area contributed by atoms with E-state index in [0.29, 0.717) is 39.1 Å². The van der Waals surface area contributed by atoms with Gasteiger partial charge >= 0.3 is 0 Å². The first-order valence-electron chi connectivity index (χ1n) is 7.08. The summed E-state index contributed by atoms with van der Waals surface area (Å²) in [7, 11) is 1.63. The van der Waals surface area contributed by atoms with Crippen LogP contribution in [-0.4, -0.2) is 62.0 Å². The van der Waals surface area contributed by atoms with Crippen molar-refractivity contribution >= 4 is 18.0 Å². The van der Waals surface area contributed by atoms with E-state index in [4.69, 9.17) is 4.74 Å². The summed E-state index contributed by atoms with van der Waals surface area (Å²) in [5, 5.41) is 3.22. The lowest BCUT2D eigenvalue weighted by Crippen LogP contribution is -2.48. The summed E-state index contributed by atoms with van der Waals surface area (Å²) in [6.07, 6.45) is 1.29. The fourth-order valence-electron chi connectivity index (χ4n) is 2.26. The van der Waals surface area contributed by atoms with Gasteiger partial charge in [0, 0.05) is 44.8 Å². The lowest BCUT2D eigenvalue weighted by molar-refractivity contribution is -0.134. The molecule has 0 aromatic heterocycles. The molecule has 1 aromatic carbocycles. The quantitative estimate of drug-likeness (QED) is 0.788. The molecule has 6 nitrogen and oxygen atoms in total. The summed E-state index contributed by atoms with van der Waals surface area (Å²) in [4.78, 5) is 26.2. The summed E-state index contributed by atoms with van der Waals surface area (Å²) in [5.41, 5.74) is 0.967. The first-order chi connectivity index (χ1) is 10.2. The normalized spacial score (nSPS) is 14.7. The largest absolute Gasteiger partial charge is 0.497 e. The number of benzene rings is 1. The van der Waals surface area contributed by atoms with E-state index in [-0.39, 0.29) is 5.91 Å². The number of amides is 2. The maximum absolute atomic E-state index is 12.0. The van der Waals surface area contributed by atoms with Crippen LogP contribution >= 0.6 is 0 Å². The Bertz CT molecular complexity index is 468. The standard InChI is InChI=1S/C15H21N3O3/c1-21-14-4-2-13(3-5-14)16-7-6-15(20)18-10-8-17(12-19)9-11-18/h2-5,12,16H,6-11H2,1H3. The van der Waals surface area contributed by atoms with Crippen LogP contribution in [0.25, 0.3) is 0 Å². The molecule has 1 saturated heterocycles. The third-order valence-electron chi connectivity index (χ3n) is 3.57. The van der Waals surface area contributed by atoms with Crippen molar-refractivity contribution in [2.24, 2.45) is 0 Å². The summed E-state index contributed by atoms with van der Waals surface area (Å²) < 4.78 is 5.09. The van der Waals surface area contributed by atoms with E-state index < -0.39 is 0 Å². The highest BCUT2D eigenvalue weighted by molar-refractivity contribution is 5.77. The van der Waals surface area contributed by atoms with Crippen molar-refractivity contribution in [1.29, 1.82) is 0 Å². The van der Waals surface area contributed by atoms with Crippen molar-refractivity contribution in [3.8, 4) is 5.75 Å². The molecule has 1 N–H and O–H groups in total. The molecule has 1 aromatic rings. The van der Waals surface area contributed by atoms with Gasteiger partial charge in [0.2, 0.25) is 12.3 Å². The Morgan fingerprint density at radius 3 is 2.48 bits per heavy atom. The summed E-state index contributed by atoms with van der Waals surface area (Å²) in [5.74, 6) is 0.936. The lowest BCUT2D eigenvalue weighted by atomic mass is 10.2. The molecule has 0 spiro atoms. The van der Waals surface area contributed by atoms with E-state index in [1.807, 2.05) is 29.2 Å². The van der Waals surface area contributed by atoms with Crippen molar-refractivity contribution in [3.05, 3.63) is 24.3 Å². The molecule has 0 aliphatic carbocycles. The highest BCUT2D eigenvalue weighted by atomic mass is 16.5. The molecule has 114 valence electrons. The molecule has 1 heterocycles. The van der Waals surface area contributed by atoms with Crippen LogP contribution in [0, 0.1) is 0 Å². The molecule has 0 unspecified atom stereocenters. The van der Waals surface area contributed by atoms with Gasteiger partial charge in [0.05, 0.1) is 7.11 Å². The van der Waals surface area contributed by atoms with Gasteiger partial charge in [-0.25, -0.2) is 0 Å². The third-order valence-corrected chi connectivity index (χ3v) is 3.57. The van der Waals surface area contributed by atoms with Crippen molar-refractivity contribution in [1.82, 2.24) is 9.80 Å². The zero-order valence-electron chi connectivity index (χ0n) is 12.2. The number of methoxy groups -OCH3 is 1. The van der Waals surface area contributed by atoms with Crippen LogP contribution in [0.5, 0.6) is 5.75 Å². The number of piperazine rings is 1. The number of carbonyl (C=O) groups excluding carboxylic acids is 2. The van der Waals surface area contributed by atoms with Crippen molar-refractivity contribution in [2.75, 3.05) is 45.2 Å². The van der Waals surface area contributed by atoms with Gasteiger partial charge in [0.1, 0.15) is 5.75 Å². The van der Waals surface area contributed by atoms with Gasteiger partial charge in [-0.1, -0.05) is 0 Å². The molecule has 6 heteroatoms. The smallest absolute Gasteiger partial charge is 0.224 e. The van der Waals surface area contributed by atoms with Crippen molar-refractivity contribution in [2.45, 2.75) is 6.42 Å². The van der Waals surface area contributed by atoms with Crippen LogP contribution in [0.2, 0.25) is 0 Å². The van der Waals surface area contributed by atoms with E-state index in [9.17, 15) is 9.59 Å². The number of carbonyl (C=O) groups is 2. The van der Waals surface area contributed by atoms with Gasteiger partial charge in [0.25, 0.3) is 0 Å². The van der Waals surface area contributed by atoms with Gasteiger partial charge in [-0.15, -0.1) is 0 Å². The van der Waals surface area contributed by atoms with Gasteiger partial charge in [-0.3, -0.25) is 9.59 Å². The second-order valence-electron chi connectivity index (χ2n) is 4.93. The molecule has 1 aliphatic heterocycles. The van der Waals surface area contributed by atoms with Crippen LogP contribution in [0.3, 0.4) is 0 Å². The first kappa shape index (κ1) is 15.2. The zero-order valence-corrected chi connectivity index (χ0v) is 12.2. The Morgan fingerprint density at radius 1 is 1.24 bits per heavy atom. The predicted molar refractivity (Wildman–Crippen MR) is 80.3 cm³/mol. The zero-order chi connectivity index (χ0) is 15.1. The predicted octanol–water partition coefficient (Wildman–Crippen LogP) is 0.798.